The summed E-state index contributed by atoms with van der Waals surface area (Å²) in [6.07, 6.45) is 0. The Morgan fingerprint density at radius 2 is 1.81 bits per heavy atom. The van der Waals surface area contributed by atoms with Crippen molar-refractivity contribution in [2.24, 2.45) is 5.92 Å². The first-order valence-corrected chi connectivity index (χ1v) is 12.1. The highest BCUT2D eigenvalue weighted by molar-refractivity contribution is 6.02. The Kier molecular flexibility index (Phi) is 5.66. The van der Waals surface area contributed by atoms with Crippen LogP contribution in [-0.4, -0.2) is 24.8 Å². The van der Waals surface area contributed by atoms with Gasteiger partial charge in [-0.2, -0.15) is 0 Å². The lowest BCUT2D eigenvalue weighted by Crippen LogP contribution is -2.72. The van der Waals surface area contributed by atoms with E-state index in [-0.39, 0.29) is 11.9 Å². The summed E-state index contributed by atoms with van der Waals surface area (Å²) in [5.41, 5.74) is 5.00. The first-order chi connectivity index (χ1) is 17.1. The summed E-state index contributed by atoms with van der Waals surface area (Å²) in [5.74, 6) is 0.0823. The average Bonchev–Trinajstić information content (AvgIpc) is 2.82. The predicted molar refractivity (Wildman–Crippen MR) is 140 cm³/mol. The van der Waals surface area contributed by atoms with Crippen molar-refractivity contribution in [3.63, 3.8) is 0 Å². The largest absolute Gasteiger partial charge is 0.493 e. The molecule has 1 saturated heterocycles. The Balaban J connectivity index is 1.66. The molecule has 7 heteroatoms. The molecule has 5 rings (SSSR count). The van der Waals surface area contributed by atoms with Crippen molar-refractivity contribution in [2.75, 3.05) is 17.3 Å². The molecule has 3 amide bonds. The fraction of sp³-hybridized carbons (Fsp3) is 0.310. The zero-order valence-electron chi connectivity index (χ0n) is 21.4. The molecule has 0 aliphatic carbocycles. The van der Waals surface area contributed by atoms with Gasteiger partial charge in [-0.25, -0.2) is 4.79 Å². The Bertz CT molecular complexity index is 1380. The minimum absolute atomic E-state index is 0.239. The van der Waals surface area contributed by atoms with Gasteiger partial charge in [0.25, 0.3) is 0 Å². The number of anilines is 2. The second kappa shape index (κ2) is 8.59. The molecule has 0 radical (unpaired) electrons. The Morgan fingerprint density at radius 3 is 2.50 bits per heavy atom. The highest BCUT2D eigenvalue weighted by Crippen LogP contribution is 2.52. The third-order valence-corrected chi connectivity index (χ3v) is 7.38. The Morgan fingerprint density at radius 1 is 1.03 bits per heavy atom. The van der Waals surface area contributed by atoms with Gasteiger partial charge in [-0.15, -0.1) is 0 Å². The minimum Gasteiger partial charge on any atom is -0.493 e. The number of nitrogens with one attached hydrogen (secondary N) is 2. The minimum atomic E-state index is -1.32. The maximum absolute atomic E-state index is 14.0. The van der Waals surface area contributed by atoms with Crippen molar-refractivity contribution in [1.82, 2.24) is 5.32 Å². The molecule has 7 nitrogen and oxygen atoms in total. The lowest BCUT2D eigenvalue weighted by Gasteiger charge is -2.54. The SMILES string of the molecule is COc1cccc2c1OC1(C)C(C(=O)Nc3ccc(C)cc3C)C2NC(=O)N1c1ccc(C)c(C)c1. The van der Waals surface area contributed by atoms with E-state index in [0.29, 0.717) is 22.7 Å². The van der Waals surface area contributed by atoms with Crippen LogP contribution in [0.25, 0.3) is 0 Å². The van der Waals surface area contributed by atoms with Gasteiger partial charge in [0.15, 0.2) is 11.5 Å². The van der Waals surface area contributed by atoms with E-state index in [0.717, 1.165) is 27.9 Å². The molecule has 3 aromatic carbocycles. The third kappa shape index (κ3) is 3.66. The number of hydrogen-bond acceptors (Lipinski definition) is 4. The fourth-order valence-electron chi connectivity index (χ4n) is 5.35. The second-order valence-corrected chi connectivity index (χ2v) is 9.85. The van der Waals surface area contributed by atoms with Crippen LogP contribution in [0.3, 0.4) is 0 Å². The van der Waals surface area contributed by atoms with Crippen LogP contribution < -0.4 is 25.0 Å². The average molecular weight is 486 g/mol. The molecule has 2 bridgehead atoms. The van der Waals surface area contributed by atoms with Gasteiger partial charge in [0.1, 0.15) is 5.92 Å². The number of para-hydroxylation sites is 1. The predicted octanol–water partition coefficient (Wildman–Crippen LogP) is 5.56. The molecular weight excluding hydrogens is 454 g/mol. The zero-order chi connectivity index (χ0) is 25.8. The third-order valence-electron chi connectivity index (χ3n) is 7.38. The number of benzene rings is 3. The maximum Gasteiger partial charge on any atom is 0.325 e. The van der Waals surface area contributed by atoms with Gasteiger partial charge in [-0.1, -0.05) is 35.9 Å². The van der Waals surface area contributed by atoms with Crippen LogP contribution in [0.1, 0.15) is 40.8 Å². The number of fused-ring (bicyclic) bond motifs is 4. The molecule has 3 aromatic rings. The molecule has 0 aromatic heterocycles. The Hall–Kier alpha value is -4.00. The lowest BCUT2D eigenvalue weighted by molar-refractivity contribution is -0.131. The van der Waals surface area contributed by atoms with Crippen LogP contribution >= 0.6 is 0 Å². The molecule has 0 saturated carbocycles. The van der Waals surface area contributed by atoms with E-state index in [1.54, 1.807) is 18.9 Å². The van der Waals surface area contributed by atoms with Crippen LogP contribution in [0.2, 0.25) is 0 Å². The summed E-state index contributed by atoms with van der Waals surface area (Å²) >= 11 is 0. The van der Waals surface area contributed by atoms with Gasteiger partial charge in [0.2, 0.25) is 11.6 Å². The summed E-state index contributed by atoms with van der Waals surface area (Å²) < 4.78 is 12.2. The van der Waals surface area contributed by atoms with Gasteiger partial charge in [0.05, 0.1) is 13.2 Å². The van der Waals surface area contributed by atoms with Crippen LogP contribution in [-0.2, 0) is 4.79 Å². The van der Waals surface area contributed by atoms with Crippen molar-refractivity contribution in [1.29, 1.82) is 0 Å². The van der Waals surface area contributed by atoms with E-state index in [9.17, 15) is 9.59 Å². The van der Waals surface area contributed by atoms with E-state index in [4.69, 9.17) is 9.47 Å². The molecule has 3 atom stereocenters. The van der Waals surface area contributed by atoms with Crippen molar-refractivity contribution in [3.05, 3.63) is 82.4 Å². The first kappa shape index (κ1) is 23.7. The number of carbonyl (C=O) groups is 2. The fourth-order valence-corrected chi connectivity index (χ4v) is 5.35. The highest BCUT2D eigenvalue weighted by Gasteiger charge is 2.60. The number of carbonyl (C=O) groups excluding carboxylic acids is 2. The summed E-state index contributed by atoms with van der Waals surface area (Å²) in [5, 5.41) is 6.19. The molecule has 3 unspecified atom stereocenters. The smallest absolute Gasteiger partial charge is 0.325 e. The topological polar surface area (TPSA) is 79.9 Å². The highest BCUT2D eigenvalue weighted by atomic mass is 16.5. The van der Waals surface area contributed by atoms with E-state index in [2.05, 4.69) is 10.6 Å². The van der Waals surface area contributed by atoms with E-state index in [1.165, 1.54) is 0 Å². The number of ether oxygens (including phenoxy) is 2. The van der Waals surface area contributed by atoms with Gasteiger partial charge in [-0.3, -0.25) is 9.69 Å². The van der Waals surface area contributed by atoms with Gasteiger partial charge >= 0.3 is 6.03 Å². The summed E-state index contributed by atoms with van der Waals surface area (Å²) in [7, 11) is 1.58. The van der Waals surface area contributed by atoms with Crippen LogP contribution in [0, 0.1) is 33.6 Å². The van der Waals surface area contributed by atoms with E-state index in [1.807, 2.05) is 82.3 Å². The normalized spacial score (nSPS) is 22.3. The number of nitrogens with zero attached hydrogens (tertiary/aromatic N) is 1. The van der Waals surface area contributed by atoms with Crippen LogP contribution in [0.15, 0.2) is 54.6 Å². The number of aryl methyl sites for hydroxylation is 4. The number of amides is 3. The second-order valence-electron chi connectivity index (χ2n) is 9.85. The molecule has 2 heterocycles. The van der Waals surface area contributed by atoms with Crippen molar-refractivity contribution in [3.8, 4) is 11.5 Å². The van der Waals surface area contributed by atoms with Crippen molar-refractivity contribution >= 4 is 23.3 Å². The molecule has 2 aliphatic heterocycles. The van der Waals surface area contributed by atoms with Crippen molar-refractivity contribution in [2.45, 2.75) is 46.4 Å². The molecular formula is C29H31N3O4. The van der Waals surface area contributed by atoms with Gasteiger partial charge in [0, 0.05) is 16.9 Å². The number of methoxy groups -OCH3 is 1. The van der Waals surface area contributed by atoms with E-state index >= 15 is 0 Å². The molecule has 0 spiro atoms. The standard InChI is InChI=1S/C29H31N3O4/c1-16-10-13-22(19(4)14-16)30-27(33)24-25-21-8-7-9-23(35-6)26(21)36-29(24,5)32(28(34)31-25)20-12-11-17(2)18(3)15-20/h7-15,24-25H,1-6H3,(H,30,33)(H,31,34). The van der Waals surface area contributed by atoms with Crippen molar-refractivity contribution < 1.29 is 19.1 Å². The van der Waals surface area contributed by atoms with Gasteiger partial charge in [-0.05, 0) is 75.6 Å². The Labute approximate surface area is 211 Å². The molecule has 1 fully saturated rings. The number of rotatable bonds is 4. The van der Waals surface area contributed by atoms with Crippen LogP contribution in [0.5, 0.6) is 11.5 Å². The first-order valence-electron chi connectivity index (χ1n) is 12.1. The van der Waals surface area contributed by atoms with Gasteiger partial charge < -0.3 is 20.1 Å². The lowest BCUT2D eigenvalue weighted by atomic mass is 9.78. The molecule has 2 aliphatic rings. The number of hydrogen-bond donors (Lipinski definition) is 2. The summed E-state index contributed by atoms with van der Waals surface area (Å²) in [6.45, 7) is 9.80. The number of urea groups is 1. The molecule has 186 valence electrons. The summed E-state index contributed by atoms with van der Waals surface area (Å²) in [4.78, 5) is 29.1. The zero-order valence-corrected chi connectivity index (χ0v) is 21.4. The monoisotopic (exact) mass is 485 g/mol. The van der Waals surface area contributed by atoms with E-state index < -0.39 is 17.7 Å². The summed E-state index contributed by atoms with van der Waals surface area (Å²) in [6, 6.07) is 16.3. The molecule has 36 heavy (non-hydrogen) atoms. The maximum atomic E-state index is 14.0. The van der Waals surface area contributed by atoms with Crippen LogP contribution in [0.4, 0.5) is 16.2 Å². The quantitative estimate of drug-likeness (QED) is 0.507. The molecule has 2 N–H and O–H groups in total.